The van der Waals surface area contributed by atoms with Gasteiger partial charge in [-0.05, 0) is 36.1 Å². The topological polar surface area (TPSA) is 185 Å². The Morgan fingerprint density at radius 2 is 2.00 bits per heavy atom. The normalized spacial score (nSPS) is 18.1. The van der Waals surface area contributed by atoms with E-state index in [0.717, 1.165) is 35.1 Å². The molecule has 3 heterocycles. The molecule has 1 saturated heterocycles. The fourth-order valence-electron chi connectivity index (χ4n) is 4.62. The number of nitrogens with two attached hydrogens (primary N) is 1. The number of aliphatic carboxylic acids is 1. The number of carboxylic acid groups (broad SMARTS) is 1. The monoisotopic (exact) mass is 646 g/mol. The third-order valence-electron chi connectivity index (χ3n) is 6.51. The quantitative estimate of drug-likeness (QED) is 0.174. The van der Waals surface area contributed by atoms with Gasteiger partial charge in [-0.1, -0.05) is 36.0 Å². The number of carbonyl (C=O) groups excluding carboxylic acids is 4. The number of β-lactam (4-membered cyclic amide) rings is 1. The number of aromatic nitrogens is 1. The standard InChI is InChI=1S/C27H30N6O7S3/c1-4-9-32(19(35)13-41-14(2)34)17-7-5-15(6-8-17)10-16-11-42-25-21(24(37)33(25)22(16)26(38)39)30-23(36)20(31-40-3)18-12-43-27(28)29-18/h5-8,12,21,25H,4,9-11,13H2,1-3H3,(H2,28,29)(H,30,36)(H,38,39). The average molecular weight is 647 g/mol. The number of carboxylic acids is 1. The zero-order valence-corrected chi connectivity index (χ0v) is 26.0. The number of oxime groups is 1. The highest BCUT2D eigenvalue weighted by molar-refractivity contribution is 8.14. The predicted octanol–water partition coefficient (Wildman–Crippen LogP) is 2.08. The van der Waals surface area contributed by atoms with E-state index >= 15 is 0 Å². The lowest BCUT2D eigenvalue weighted by atomic mass is 9.98. The van der Waals surface area contributed by atoms with Gasteiger partial charge < -0.3 is 25.9 Å². The van der Waals surface area contributed by atoms with Gasteiger partial charge in [-0.15, -0.1) is 23.1 Å². The number of carbonyl (C=O) groups is 5. The summed E-state index contributed by atoms with van der Waals surface area (Å²) in [6, 6.07) is 6.24. The van der Waals surface area contributed by atoms with Gasteiger partial charge in [0.25, 0.3) is 11.8 Å². The molecular formula is C27H30N6O7S3. The molecule has 43 heavy (non-hydrogen) atoms. The first kappa shape index (κ1) is 32.0. The number of rotatable bonds is 12. The van der Waals surface area contributed by atoms with Crippen LogP contribution < -0.4 is 16.0 Å². The minimum absolute atomic E-state index is 0.0512. The van der Waals surface area contributed by atoms with Gasteiger partial charge in [0.15, 0.2) is 16.0 Å². The van der Waals surface area contributed by atoms with E-state index in [2.05, 4.69) is 15.5 Å². The van der Waals surface area contributed by atoms with Crippen molar-refractivity contribution in [1.29, 1.82) is 0 Å². The van der Waals surface area contributed by atoms with Crippen LogP contribution in [-0.4, -0.2) is 86.1 Å². The maximum Gasteiger partial charge on any atom is 0.352 e. The number of anilines is 2. The zero-order valence-electron chi connectivity index (χ0n) is 23.6. The number of hydrogen-bond acceptors (Lipinski definition) is 12. The number of nitrogens with one attached hydrogen (secondary N) is 1. The summed E-state index contributed by atoms with van der Waals surface area (Å²) in [5.74, 6) is -2.29. The summed E-state index contributed by atoms with van der Waals surface area (Å²) in [5.41, 5.74) is 7.64. The molecule has 3 amide bonds. The summed E-state index contributed by atoms with van der Waals surface area (Å²) in [4.78, 5) is 74.1. The number of amides is 3. The van der Waals surface area contributed by atoms with Crippen LogP contribution in [0.5, 0.6) is 0 Å². The van der Waals surface area contributed by atoms with Crippen LogP contribution in [0.15, 0.2) is 46.1 Å². The molecule has 0 spiro atoms. The molecule has 2 aromatic rings. The molecule has 2 aliphatic rings. The highest BCUT2D eigenvalue weighted by atomic mass is 32.2. The van der Waals surface area contributed by atoms with Crippen molar-refractivity contribution in [3.05, 3.63) is 52.2 Å². The Hall–Kier alpha value is -3.89. The van der Waals surface area contributed by atoms with E-state index in [1.165, 1.54) is 36.1 Å². The SMILES string of the molecule is CCCN(C(=O)CSC(C)=O)c1ccc(CC2=C(C(=O)O)N3C(=O)C(NC(=O)C(=NOC)c4csc(N)n4)C3SC2)cc1. The van der Waals surface area contributed by atoms with Gasteiger partial charge in [0.1, 0.15) is 29.9 Å². The van der Waals surface area contributed by atoms with E-state index in [1.54, 1.807) is 17.0 Å². The first-order valence-electron chi connectivity index (χ1n) is 13.1. The molecule has 13 nitrogen and oxygen atoms in total. The van der Waals surface area contributed by atoms with Crippen LogP contribution in [-0.2, 0) is 35.2 Å². The first-order chi connectivity index (χ1) is 20.5. The molecule has 16 heteroatoms. The number of fused-ring (bicyclic) bond motifs is 1. The summed E-state index contributed by atoms with van der Waals surface area (Å²) < 4.78 is 0. The van der Waals surface area contributed by atoms with Gasteiger partial charge in [-0.25, -0.2) is 9.78 Å². The van der Waals surface area contributed by atoms with Gasteiger partial charge in [0.2, 0.25) is 5.91 Å². The summed E-state index contributed by atoms with van der Waals surface area (Å²) >= 11 is 3.43. The van der Waals surface area contributed by atoms with E-state index in [0.29, 0.717) is 23.6 Å². The molecule has 2 unspecified atom stereocenters. The smallest absolute Gasteiger partial charge is 0.352 e. The maximum atomic E-state index is 13.1. The molecule has 2 atom stereocenters. The Bertz CT molecular complexity index is 1490. The Morgan fingerprint density at radius 3 is 2.58 bits per heavy atom. The van der Waals surface area contributed by atoms with Crippen molar-refractivity contribution < 1.29 is 33.9 Å². The molecule has 1 aromatic carbocycles. The Morgan fingerprint density at radius 1 is 1.28 bits per heavy atom. The van der Waals surface area contributed by atoms with Crippen LogP contribution in [0.1, 0.15) is 31.5 Å². The molecule has 1 aromatic heterocycles. The van der Waals surface area contributed by atoms with Crippen LogP contribution in [0.3, 0.4) is 0 Å². The van der Waals surface area contributed by atoms with Gasteiger partial charge in [0.05, 0.1) is 5.75 Å². The van der Waals surface area contributed by atoms with Crippen molar-refractivity contribution in [3.8, 4) is 0 Å². The lowest BCUT2D eigenvalue weighted by Gasteiger charge is -2.49. The van der Waals surface area contributed by atoms with Crippen LogP contribution in [0, 0.1) is 0 Å². The summed E-state index contributed by atoms with van der Waals surface area (Å²) in [7, 11) is 1.27. The number of nitrogen functional groups attached to an aromatic ring is 1. The number of benzene rings is 1. The maximum absolute atomic E-state index is 13.1. The molecule has 4 rings (SSSR count). The Balaban J connectivity index is 1.48. The molecule has 1 fully saturated rings. The van der Waals surface area contributed by atoms with Crippen molar-refractivity contribution in [2.75, 3.05) is 35.8 Å². The van der Waals surface area contributed by atoms with Crippen LogP contribution in [0.25, 0.3) is 0 Å². The number of thioether (sulfide) groups is 2. The second kappa shape index (κ2) is 14.1. The highest BCUT2D eigenvalue weighted by Gasteiger charge is 2.54. The fourth-order valence-corrected chi connectivity index (χ4v) is 7.00. The summed E-state index contributed by atoms with van der Waals surface area (Å²) in [5, 5.41) is 17.4. The summed E-state index contributed by atoms with van der Waals surface area (Å²) in [6.07, 6.45) is 1.01. The van der Waals surface area contributed by atoms with Gasteiger partial charge in [-0.3, -0.25) is 24.1 Å². The Labute approximate surface area is 259 Å². The van der Waals surface area contributed by atoms with Gasteiger partial charge in [-0.2, -0.15) is 0 Å². The zero-order chi connectivity index (χ0) is 31.3. The van der Waals surface area contributed by atoms with E-state index in [-0.39, 0.29) is 45.4 Å². The number of nitrogens with zero attached hydrogens (tertiary/aromatic N) is 4. The number of thiazole rings is 1. The van der Waals surface area contributed by atoms with E-state index in [1.807, 2.05) is 19.1 Å². The van der Waals surface area contributed by atoms with E-state index in [4.69, 9.17) is 10.6 Å². The molecule has 0 aliphatic carbocycles. The second-order valence-electron chi connectivity index (χ2n) is 9.48. The highest BCUT2D eigenvalue weighted by Crippen LogP contribution is 2.41. The molecule has 0 saturated carbocycles. The molecular weight excluding hydrogens is 617 g/mol. The fraction of sp³-hybridized carbons (Fsp3) is 0.370. The summed E-state index contributed by atoms with van der Waals surface area (Å²) in [6.45, 7) is 3.87. The lowest BCUT2D eigenvalue weighted by molar-refractivity contribution is -0.150. The van der Waals surface area contributed by atoms with Gasteiger partial charge in [0, 0.05) is 30.3 Å². The largest absolute Gasteiger partial charge is 0.477 e. The predicted molar refractivity (Wildman–Crippen MR) is 166 cm³/mol. The van der Waals surface area contributed by atoms with E-state index in [9.17, 15) is 29.1 Å². The van der Waals surface area contributed by atoms with Crippen LogP contribution in [0.2, 0.25) is 0 Å². The van der Waals surface area contributed by atoms with Crippen molar-refractivity contribution >= 4 is 80.2 Å². The minimum atomic E-state index is -1.24. The Kier molecular flexibility index (Phi) is 10.5. The number of hydrogen-bond donors (Lipinski definition) is 3. The van der Waals surface area contributed by atoms with Crippen molar-refractivity contribution in [2.45, 2.75) is 38.1 Å². The molecule has 228 valence electrons. The van der Waals surface area contributed by atoms with Gasteiger partial charge >= 0.3 is 5.97 Å². The third kappa shape index (κ3) is 7.19. The molecule has 2 aliphatic heterocycles. The van der Waals surface area contributed by atoms with Crippen LogP contribution in [0.4, 0.5) is 10.8 Å². The average Bonchev–Trinajstić information content (AvgIpc) is 3.41. The van der Waals surface area contributed by atoms with Crippen molar-refractivity contribution in [2.24, 2.45) is 5.16 Å². The van der Waals surface area contributed by atoms with Crippen LogP contribution >= 0.6 is 34.9 Å². The molecule has 0 bridgehead atoms. The molecule has 4 N–H and O–H groups in total. The van der Waals surface area contributed by atoms with E-state index < -0.39 is 29.2 Å². The minimum Gasteiger partial charge on any atom is -0.477 e. The third-order valence-corrected chi connectivity index (χ3v) is 9.32. The molecule has 0 radical (unpaired) electrons. The first-order valence-corrected chi connectivity index (χ1v) is 16.0. The van der Waals surface area contributed by atoms with Crippen molar-refractivity contribution in [3.63, 3.8) is 0 Å². The lowest BCUT2D eigenvalue weighted by Crippen LogP contribution is -2.71. The second-order valence-corrected chi connectivity index (χ2v) is 12.6. The van der Waals surface area contributed by atoms with Crippen molar-refractivity contribution in [1.82, 2.24) is 15.2 Å².